The van der Waals surface area contributed by atoms with Crippen molar-refractivity contribution in [2.45, 2.75) is 0 Å². The second-order valence-electron chi connectivity index (χ2n) is 16.2. The first-order valence-electron chi connectivity index (χ1n) is 21.6. The summed E-state index contributed by atoms with van der Waals surface area (Å²) in [4.78, 5) is 20.5. The summed E-state index contributed by atoms with van der Waals surface area (Å²) < 4.78 is 4.78. The van der Waals surface area contributed by atoms with Crippen molar-refractivity contribution in [2.24, 2.45) is 0 Å². The number of benzene rings is 9. The largest absolute Gasteiger partial charge is 0.309 e. The first-order valence-corrected chi connectivity index (χ1v) is 21.6. The maximum Gasteiger partial charge on any atom is 0.160 e. The summed E-state index contributed by atoms with van der Waals surface area (Å²) >= 11 is 0. The lowest BCUT2D eigenvalue weighted by Gasteiger charge is -2.13. The van der Waals surface area contributed by atoms with E-state index in [1.54, 1.807) is 0 Å². The Bertz CT molecular complexity index is 3930. The minimum Gasteiger partial charge on any atom is -0.309 e. The van der Waals surface area contributed by atoms with Crippen LogP contribution in [0.3, 0.4) is 0 Å². The number of aromatic nitrogens is 6. The number of fused-ring (bicyclic) bond motifs is 9. The summed E-state index contributed by atoms with van der Waals surface area (Å²) in [5.74, 6) is 0.704. The van der Waals surface area contributed by atoms with E-state index in [1.807, 2.05) is 48.5 Å². The van der Waals surface area contributed by atoms with Gasteiger partial charge in [0.2, 0.25) is 0 Å². The predicted octanol–water partition coefficient (Wildman–Crippen LogP) is 14.4. The Hall–Kier alpha value is -8.74. The molecule has 0 radical (unpaired) electrons. The molecule has 0 N–H and O–H groups in total. The van der Waals surface area contributed by atoms with Crippen molar-refractivity contribution in [1.29, 1.82) is 0 Å². The highest BCUT2D eigenvalue weighted by Gasteiger charge is 2.21. The van der Waals surface area contributed by atoms with Crippen LogP contribution in [0.2, 0.25) is 0 Å². The fourth-order valence-corrected chi connectivity index (χ4v) is 9.62. The summed E-state index contributed by atoms with van der Waals surface area (Å²) in [6.07, 6.45) is 0. The van der Waals surface area contributed by atoms with Gasteiger partial charge < -0.3 is 9.13 Å². The molecule has 298 valence electrons. The molecule has 9 aromatic carbocycles. The molecular formula is C58H36N6. The predicted molar refractivity (Wildman–Crippen MR) is 263 cm³/mol. The van der Waals surface area contributed by atoms with E-state index in [0.717, 1.165) is 94.7 Å². The average Bonchev–Trinajstić information content (AvgIpc) is 3.89. The Balaban J connectivity index is 0.948. The lowest BCUT2D eigenvalue weighted by molar-refractivity contribution is 1.17. The summed E-state index contributed by atoms with van der Waals surface area (Å²) in [6.45, 7) is 0. The van der Waals surface area contributed by atoms with E-state index in [0.29, 0.717) is 5.82 Å². The van der Waals surface area contributed by atoms with Crippen LogP contribution in [0.5, 0.6) is 0 Å². The van der Waals surface area contributed by atoms with Crippen molar-refractivity contribution in [3.63, 3.8) is 0 Å². The zero-order valence-corrected chi connectivity index (χ0v) is 34.5. The topological polar surface area (TPSA) is 61.4 Å². The van der Waals surface area contributed by atoms with Gasteiger partial charge >= 0.3 is 0 Å². The molecule has 0 aliphatic rings. The van der Waals surface area contributed by atoms with Gasteiger partial charge in [-0.05, 0) is 78.9 Å². The zero-order valence-electron chi connectivity index (χ0n) is 34.5. The van der Waals surface area contributed by atoms with Gasteiger partial charge in [0.05, 0.1) is 55.7 Å². The van der Waals surface area contributed by atoms with Gasteiger partial charge in [-0.1, -0.05) is 140 Å². The van der Waals surface area contributed by atoms with E-state index in [1.165, 1.54) is 21.5 Å². The SMILES string of the molecule is c1ccc(-c2nc3ccccc3nc2-c2ccc(-n3c4ccccc4c4c5c6ccccc6n(-c6ccc(-c7nc(-c8ccccc8)c8ccccc8n7)cc6)c5ccc43)cc2)cc1. The van der Waals surface area contributed by atoms with E-state index < -0.39 is 0 Å². The molecule has 0 spiro atoms. The van der Waals surface area contributed by atoms with Crippen LogP contribution in [-0.2, 0) is 0 Å². The van der Waals surface area contributed by atoms with Crippen molar-refractivity contribution in [1.82, 2.24) is 29.1 Å². The highest BCUT2D eigenvalue weighted by molar-refractivity contribution is 6.29. The van der Waals surface area contributed by atoms with Crippen LogP contribution in [0, 0.1) is 0 Å². The minimum atomic E-state index is 0.704. The molecule has 0 amide bonds. The fraction of sp³-hybridized carbons (Fsp3) is 0. The van der Waals surface area contributed by atoms with E-state index >= 15 is 0 Å². The number of hydrogen-bond acceptors (Lipinski definition) is 4. The number of hydrogen-bond donors (Lipinski definition) is 0. The van der Waals surface area contributed by atoms with Crippen LogP contribution in [0.15, 0.2) is 218 Å². The van der Waals surface area contributed by atoms with Gasteiger partial charge in [0.1, 0.15) is 0 Å². The molecule has 4 heterocycles. The Morgan fingerprint density at radius 1 is 0.250 bits per heavy atom. The molecule has 0 aliphatic carbocycles. The molecule has 64 heavy (non-hydrogen) atoms. The van der Waals surface area contributed by atoms with Gasteiger partial charge in [0.25, 0.3) is 0 Å². The number of rotatable bonds is 6. The summed E-state index contributed by atoms with van der Waals surface area (Å²) in [5.41, 5.74) is 16.2. The van der Waals surface area contributed by atoms with E-state index in [4.69, 9.17) is 19.9 Å². The van der Waals surface area contributed by atoms with Gasteiger partial charge in [-0.25, -0.2) is 19.9 Å². The molecule has 0 fully saturated rings. The van der Waals surface area contributed by atoms with Crippen LogP contribution in [0.4, 0.5) is 0 Å². The molecule has 4 aromatic heterocycles. The third-order valence-electron chi connectivity index (χ3n) is 12.5. The maximum atomic E-state index is 5.17. The lowest BCUT2D eigenvalue weighted by Crippen LogP contribution is -1.97. The van der Waals surface area contributed by atoms with E-state index in [-0.39, 0.29) is 0 Å². The smallest absolute Gasteiger partial charge is 0.160 e. The van der Waals surface area contributed by atoms with Gasteiger partial charge in [-0.2, -0.15) is 0 Å². The highest BCUT2D eigenvalue weighted by atomic mass is 15.0. The minimum absolute atomic E-state index is 0.704. The number of para-hydroxylation sites is 5. The Morgan fingerprint density at radius 3 is 1.19 bits per heavy atom. The van der Waals surface area contributed by atoms with Crippen molar-refractivity contribution < 1.29 is 0 Å². The van der Waals surface area contributed by atoms with Crippen LogP contribution >= 0.6 is 0 Å². The summed E-state index contributed by atoms with van der Waals surface area (Å²) in [5, 5.41) is 5.91. The van der Waals surface area contributed by atoms with Crippen LogP contribution in [0.25, 0.3) is 122 Å². The maximum absolute atomic E-state index is 5.17. The molecule has 6 heteroatoms. The molecular weight excluding hydrogens is 781 g/mol. The van der Waals surface area contributed by atoms with Crippen LogP contribution < -0.4 is 0 Å². The van der Waals surface area contributed by atoms with Crippen molar-refractivity contribution >= 4 is 65.5 Å². The second kappa shape index (κ2) is 14.4. The third-order valence-corrected chi connectivity index (χ3v) is 12.5. The molecule has 0 atom stereocenters. The highest BCUT2D eigenvalue weighted by Crippen LogP contribution is 2.43. The Labute approximate surface area is 368 Å². The van der Waals surface area contributed by atoms with Gasteiger partial charge in [-0.15, -0.1) is 0 Å². The number of nitrogens with zero attached hydrogens (tertiary/aromatic N) is 6. The average molecular weight is 817 g/mol. The quantitative estimate of drug-likeness (QED) is 0.168. The molecule has 0 bridgehead atoms. The fourth-order valence-electron chi connectivity index (χ4n) is 9.62. The Kier molecular flexibility index (Phi) is 8.11. The molecule has 0 aliphatic heterocycles. The molecule has 0 unspecified atom stereocenters. The van der Waals surface area contributed by atoms with Crippen LogP contribution in [0.1, 0.15) is 0 Å². The van der Waals surface area contributed by atoms with Gasteiger partial charge in [-0.3, -0.25) is 0 Å². The third kappa shape index (κ3) is 5.66. The monoisotopic (exact) mass is 816 g/mol. The second-order valence-corrected chi connectivity index (χ2v) is 16.2. The molecule has 13 aromatic rings. The van der Waals surface area contributed by atoms with Gasteiger partial charge in [0.15, 0.2) is 5.82 Å². The summed E-state index contributed by atoms with van der Waals surface area (Å²) in [6, 6.07) is 76.6. The van der Waals surface area contributed by atoms with E-state index in [2.05, 4.69) is 179 Å². The molecule has 0 saturated heterocycles. The zero-order chi connectivity index (χ0) is 42.1. The molecule has 0 saturated carbocycles. The first-order chi connectivity index (χ1) is 31.7. The standard InChI is InChI=1S/C58H36N6/c1-3-15-37(16-4-1)55-43-19-7-10-22-46(43)61-58(62-55)40-29-33-42(34-30-40)64-50-26-14-9-21-45(50)54-52(64)36-35-51-53(54)44-20-8-13-25-49(44)63(51)41-31-27-39(28-32-41)57-56(38-17-5-2-6-18-38)59-47-23-11-12-24-48(47)60-57/h1-36H. The lowest BCUT2D eigenvalue weighted by atomic mass is 10.0. The Morgan fingerprint density at radius 2 is 0.656 bits per heavy atom. The molecule has 13 rings (SSSR count). The van der Waals surface area contributed by atoms with Crippen molar-refractivity contribution in [3.05, 3.63) is 218 Å². The van der Waals surface area contributed by atoms with E-state index in [9.17, 15) is 0 Å². The first kappa shape index (κ1) is 36.0. The van der Waals surface area contributed by atoms with Crippen molar-refractivity contribution in [3.8, 4) is 56.5 Å². The van der Waals surface area contributed by atoms with Crippen molar-refractivity contribution in [2.75, 3.05) is 0 Å². The normalized spacial score (nSPS) is 11.8. The van der Waals surface area contributed by atoms with Gasteiger partial charge in [0, 0.05) is 60.6 Å². The van der Waals surface area contributed by atoms with Crippen LogP contribution in [-0.4, -0.2) is 29.1 Å². The molecule has 6 nitrogen and oxygen atoms in total. The summed E-state index contributed by atoms with van der Waals surface area (Å²) in [7, 11) is 0.